The number of rotatable bonds is 8. The van der Waals surface area contributed by atoms with Crippen molar-refractivity contribution >= 4 is 34.4 Å². The van der Waals surface area contributed by atoms with Crippen molar-refractivity contribution < 1.29 is 4.79 Å². The highest BCUT2D eigenvalue weighted by Crippen LogP contribution is 2.21. The molecule has 0 radical (unpaired) electrons. The van der Waals surface area contributed by atoms with Crippen LogP contribution < -0.4 is 10.9 Å². The van der Waals surface area contributed by atoms with E-state index in [0.29, 0.717) is 28.7 Å². The van der Waals surface area contributed by atoms with Crippen LogP contribution in [0.15, 0.2) is 40.3 Å². The van der Waals surface area contributed by atoms with Crippen molar-refractivity contribution in [2.75, 3.05) is 11.1 Å². The number of aryl methyl sites for hydroxylation is 2. The summed E-state index contributed by atoms with van der Waals surface area (Å²) in [4.78, 5) is 33.3. The topological polar surface area (TPSA) is 79.8 Å². The Kier molecular flexibility index (Phi) is 6.79. The number of nitrogens with zero attached hydrogens (tertiary/aromatic N) is 2. The molecule has 0 fully saturated rings. The minimum atomic E-state index is -0.106. The van der Waals surface area contributed by atoms with Gasteiger partial charge < -0.3 is 10.3 Å². The second kappa shape index (κ2) is 9.31. The third kappa shape index (κ3) is 5.09. The fourth-order valence-electron chi connectivity index (χ4n) is 3.17. The summed E-state index contributed by atoms with van der Waals surface area (Å²) in [6.07, 6.45) is 1.72. The van der Waals surface area contributed by atoms with Crippen LogP contribution in [0.25, 0.3) is 11.0 Å². The molecule has 29 heavy (non-hydrogen) atoms. The summed E-state index contributed by atoms with van der Waals surface area (Å²) in [5.41, 5.74) is 3.92. The fraction of sp³-hybridized carbons (Fsp3) is 0.409. The fourth-order valence-corrected chi connectivity index (χ4v) is 4.00. The van der Waals surface area contributed by atoms with Gasteiger partial charge in [-0.15, -0.1) is 0 Å². The maximum atomic E-state index is 13.0. The number of nitrogens with one attached hydrogen (secondary N) is 2. The average molecular weight is 413 g/mol. The first-order valence-electron chi connectivity index (χ1n) is 9.99. The molecule has 2 N–H and O–H groups in total. The van der Waals surface area contributed by atoms with Crippen LogP contribution in [0.5, 0.6) is 0 Å². The third-order valence-corrected chi connectivity index (χ3v) is 5.75. The first kappa shape index (κ1) is 21.2. The molecule has 0 spiro atoms. The number of carbonyl (C=O) groups excluding carboxylic acids is 1. The minimum Gasteiger partial charge on any atom is -0.353 e. The van der Waals surface area contributed by atoms with Crippen LogP contribution >= 0.6 is 11.8 Å². The van der Waals surface area contributed by atoms with Crippen molar-refractivity contribution in [1.29, 1.82) is 0 Å². The Morgan fingerprint density at radius 3 is 2.79 bits per heavy atom. The van der Waals surface area contributed by atoms with E-state index in [9.17, 15) is 9.59 Å². The number of anilines is 1. The van der Waals surface area contributed by atoms with E-state index in [1.165, 1.54) is 11.8 Å². The van der Waals surface area contributed by atoms with Crippen molar-refractivity contribution in [2.24, 2.45) is 5.92 Å². The molecule has 7 heteroatoms. The van der Waals surface area contributed by atoms with Crippen LogP contribution in [0.1, 0.15) is 38.4 Å². The van der Waals surface area contributed by atoms with Gasteiger partial charge in [-0.2, -0.15) is 0 Å². The number of fused-ring (bicyclic) bond motifs is 1. The predicted molar refractivity (Wildman–Crippen MR) is 120 cm³/mol. The van der Waals surface area contributed by atoms with Gasteiger partial charge in [-0.3, -0.25) is 14.2 Å². The Hall–Kier alpha value is -2.54. The van der Waals surface area contributed by atoms with Crippen molar-refractivity contribution in [2.45, 2.75) is 52.2 Å². The van der Waals surface area contributed by atoms with Crippen LogP contribution in [0, 0.1) is 12.8 Å². The van der Waals surface area contributed by atoms with Gasteiger partial charge in [0, 0.05) is 17.9 Å². The van der Waals surface area contributed by atoms with Crippen molar-refractivity contribution in [3.05, 3.63) is 51.9 Å². The summed E-state index contributed by atoms with van der Waals surface area (Å²) >= 11 is 1.30. The summed E-state index contributed by atoms with van der Waals surface area (Å²) in [6, 6.07) is 9.66. The number of aromatic amines is 1. The van der Waals surface area contributed by atoms with E-state index in [0.717, 1.165) is 29.8 Å². The monoisotopic (exact) mass is 412 g/mol. The highest BCUT2D eigenvalue weighted by atomic mass is 32.2. The number of amides is 1. The lowest BCUT2D eigenvalue weighted by molar-refractivity contribution is -0.113. The zero-order valence-corrected chi connectivity index (χ0v) is 18.2. The van der Waals surface area contributed by atoms with Gasteiger partial charge in [-0.25, -0.2) is 4.98 Å². The normalized spacial score (nSPS) is 11.3. The molecule has 1 amide bonds. The highest BCUT2D eigenvalue weighted by molar-refractivity contribution is 7.99. The maximum absolute atomic E-state index is 13.0. The number of carbonyl (C=O) groups is 1. The van der Waals surface area contributed by atoms with Gasteiger partial charge in [0.05, 0.1) is 11.3 Å². The molecule has 3 aromatic rings. The molecule has 0 bridgehead atoms. The molecule has 6 nitrogen and oxygen atoms in total. The largest absolute Gasteiger partial charge is 0.353 e. The number of aromatic nitrogens is 3. The van der Waals surface area contributed by atoms with Crippen molar-refractivity contribution in [3.63, 3.8) is 0 Å². The number of hydrogen-bond acceptors (Lipinski definition) is 4. The van der Waals surface area contributed by atoms with Gasteiger partial charge in [-0.1, -0.05) is 50.7 Å². The second-order valence-corrected chi connectivity index (χ2v) is 8.54. The number of thioether (sulfide) groups is 1. The minimum absolute atomic E-state index is 0.0806. The smallest absolute Gasteiger partial charge is 0.278 e. The maximum Gasteiger partial charge on any atom is 0.278 e. The van der Waals surface area contributed by atoms with Gasteiger partial charge in [-0.05, 0) is 43.4 Å². The molecule has 2 heterocycles. The van der Waals surface area contributed by atoms with E-state index in [4.69, 9.17) is 0 Å². The van der Waals surface area contributed by atoms with Gasteiger partial charge in [0.1, 0.15) is 5.52 Å². The van der Waals surface area contributed by atoms with Crippen LogP contribution in [0.3, 0.4) is 0 Å². The number of hydrogen-bond donors (Lipinski definition) is 2. The molecule has 3 rings (SSSR count). The third-order valence-electron chi connectivity index (χ3n) is 4.77. The van der Waals surface area contributed by atoms with Crippen LogP contribution in [0.4, 0.5) is 5.69 Å². The lowest BCUT2D eigenvalue weighted by atomic mass is 10.1. The first-order chi connectivity index (χ1) is 13.9. The van der Waals surface area contributed by atoms with E-state index < -0.39 is 0 Å². The van der Waals surface area contributed by atoms with Gasteiger partial charge in [0.15, 0.2) is 5.16 Å². The quantitative estimate of drug-likeness (QED) is 0.425. The standard InChI is InChI=1S/C22H28N4O2S/c1-5-16-8-6-7-9-17(16)24-19(27)13-29-22-25-18-12-15(4)23-20(18)21(28)26(22)11-10-14(2)3/h6-9,12,14,23H,5,10-11,13H2,1-4H3,(H,24,27). The Morgan fingerprint density at radius 1 is 1.31 bits per heavy atom. The Morgan fingerprint density at radius 2 is 2.07 bits per heavy atom. The highest BCUT2D eigenvalue weighted by Gasteiger charge is 2.15. The van der Waals surface area contributed by atoms with Crippen LogP contribution in [-0.2, 0) is 17.8 Å². The van der Waals surface area contributed by atoms with Gasteiger partial charge in [0.25, 0.3) is 5.56 Å². The van der Waals surface area contributed by atoms with Gasteiger partial charge in [0.2, 0.25) is 5.91 Å². The van der Waals surface area contributed by atoms with E-state index in [2.05, 4.69) is 36.1 Å². The van der Waals surface area contributed by atoms with E-state index in [1.807, 2.05) is 37.3 Å². The molecule has 0 aliphatic rings. The zero-order valence-electron chi connectivity index (χ0n) is 17.4. The van der Waals surface area contributed by atoms with Gasteiger partial charge >= 0.3 is 0 Å². The number of para-hydroxylation sites is 1. The molecule has 2 aromatic heterocycles. The summed E-state index contributed by atoms with van der Waals surface area (Å²) in [5.74, 6) is 0.557. The Balaban J connectivity index is 1.81. The number of benzene rings is 1. The molecule has 0 unspecified atom stereocenters. The summed E-state index contributed by atoms with van der Waals surface area (Å²) in [5, 5.41) is 3.56. The Labute approximate surface area is 175 Å². The lowest BCUT2D eigenvalue weighted by Gasteiger charge is -2.13. The first-order valence-corrected chi connectivity index (χ1v) is 11.0. The molecule has 0 saturated heterocycles. The molecular weight excluding hydrogens is 384 g/mol. The van der Waals surface area contributed by atoms with Crippen LogP contribution in [0.2, 0.25) is 0 Å². The van der Waals surface area contributed by atoms with E-state index >= 15 is 0 Å². The summed E-state index contributed by atoms with van der Waals surface area (Å²) < 4.78 is 1.69. The molecule has 154 valence electrons. The molecule has 0 aliphatic carbocycles. The van der Waals surface area contributed by atoms with Crippen LogP contribution in [-0.4, -0.2) is 26.2 Å². The second-order valence-electron chi connectivity index (χ2n) is 7.59. The summed E-state index contributed by atoms with van der Waals surface area (Å²) in [6.45, 7) is 8.80. The molecule has 1 aromatic carbocycles. The number of H-pyrrole nitrogens is 1. The average Bonchev–Trinajstić information content (AvgIpc) is 3.06. The van der Waals surface area contributed by atoms with E-state index in [-0.39, 0.29) is 17.2 Å². The predicted octanol–water partition coefficient (Wildman–Crippen LogP) is 4.37. The van der Waals surface area contributed by atoms with Crippen molar-refractivity contribution in [1.82, 2.24) is 14.5 Å². The molecular formula is C22H28N4O2S. The summed E-state index contributed by atoms with van der Waals surface area (Å²) in [7, 11) is 0. The molecule has 0 saturated carbocycles. The lowest BCUT2D eigenvalue weighted by Crippen LogP contribution is -2.25. The SMILES string of the molecule is CCc1ccccc1NC(=O)CSc1nc2cc(C)[nH]c2c(=O)n1CCC(C)C. The molecule has 0 aliphatic heterocycles. The van der Waals surface area contributed by atoms with E-state index in [1.54, 1.807) is 4.57 Å². The molecule has 0 atom stereocenters. The zero-order chi connectivity index (χ0) is 21.0. The van der Waals surface area contributed by atoms with Crippen molar-refractivity contribution in [3.8, 4) is 0 Å². The Bertz CT molecular complexity index is 1070.